The SMILES string of the molecule is CCOC(=O)CC[C@H](NC(=O)c1ccc(C=Cc2cnc3nc(N)nc(N)c3c2)cc1)C(=O)OCC. The normalized spacial score (nSPS) is 11.8. The summed E-state index contributed by atoms with van der Waals surface area (Å²) in [6.07, 6.45) is 5.38. The van der Waals surface area contributed by atoms with Gasteiger partial charge in [0.1, 0.15) is 11.9 Å². The van der Waals surface area contributed by atoms with Crippen LogP contribution in [0.25, 0.3) is 23.2 Å². The van der Waals surface area contributed by atoms with Crippen LogP contribution in [0.3, 0.4) is 0 Å². The van der Waals surface area contributed by atoms with Crippen molar-refractivity contribution in [1.82, 2.24) is 20.3 Å². The maximum Gasteiger partial charge on any atom is 0.328 e. The van der Waals surface area contributed by atoms with Gasteiger partial charge in [0.2, 0.25) is 5.95 Å². The summed E-state index contributed by atoms with van der Waals surface area (Å²) >= 11 is 0. The quantitative estimate of drug-likeness (QED) is 0.357. The molecule has 0 aliphatic rings. The molecule has 2 heterocycles. The molecule has 11 nitrogen and oxygen atoms in total. The van der Waals surface area contributed by atoms with Gasteiger partial charge in [-0.1, -0.05) is 24.3 Å². The number of aromatic nitrogens is 3. The van der Waals surface area contributed by atoms with Crippen molar-refractivity contribution in [3.05, 3.63) is 53.2 Å². The highest BCUT2D eigenvalue weighted by Gasteiger charge is 2.24. The molecule has 0 saturated carbocycles. The number of anilines is 2. The first-order valence-electron chi connectivity index (χ1n) is 11.4. The number of amides is 1. The molecule has 188 valence electrons. The Morgan fingerprint density at radius 2 is 1.69 bits per heavy atom. The van der Waals surface area contributed by atoms with Crippen molar-refractivity contribution in [3.8, 4) is 0 Å². The number of hydrogen-bond donors (Lipinski definition) is 3. The fourth-order valence-corrected chi connectivity index (χ4v) is 3.33. The average molecular weight is 493 g/mol. The Kier molecular flexibility index (Phi) is 8.87. The second-order valence-electron chi connectivity index (χ2n) is 7.68. The Labute approximate surface area is 207 Å². The highest BCUT2D eigenvalue weighted by atomic mass is 16.5. The van der Waals surface area contributed by atoms with E-state index in [1.165, 1.54) is 0 Å². The maximum absolute atomic E-state index is 12.7. The number of nitrogen functional groups attached to an aromatic ring is 2. The van der Waals surface area contributed by atoms with Crippen molar-refractivity contribution in [2.24, 2.45) is 0 Å². The molecule has 0 aliphatic carbocycles. The molecule has 1 amide bonds. The molecular weight excluding hydrogens is 464 g/mol. The minimum Gasteiger partial charge on any atom is -0.466 e. The molecule has 3 rings (SSSR count). The highest BCUT2D eigenvalue weighted by molar-refractivity contribution is 5.97. The zero-order chi connectivity index (χ0) is 26.1. The summed E-state index contributed by atoms with van der Waals surface area (Å²) in [5, 5.41) is 3.23. The Morgan fingerprint density at radius 3 is 2.39 bits per heavy atom. The third-order valence-corrected chi connectivity index (χ3v) is 5.08. The predicted octanol–water partition coefficient (Wildman–Crippen LogP) is 2.36. The molecular formula is C25H28N6O5. The molecule has 5 N–H and O–H groups in total. The number of benzene rings is 1. The number of fused-ring (bicyclic) bond motifs is 1. The smallest absolute Gasteiger partial charge is 0.328 e. The zero-order valence-corrected chi connectivity index (χ0v) is 20.1. The van der Waals surface area contributed by atoms with Crippen LogP contribution in [0.2, 0.25) is 0 Å². The molecule has 0 bridgehead atoms. The maximum atomic E-state index is 12.7. The van der Waals surface area contributed by atoms with Crippen molar-refractivity contribution in [1.29, 1.82) is 0 Å². The number of ether oxygens (including phenoxy) is 2. The van der Waals surface area contributed by atoms with Crippen LogP contribution < -0.4 is 16.8 Å². The first kappa shape index (κ1) is 26.1. The van der Waals surface area contributed by atoms with Crippen LogP contribution >= 0.6 is 0 Å². The number of pyridine rings is 1. The number of nitrogens with two attached hydrogens (primary N) is 2. The van der Waals surface area contributed by atoms with Gasteiger partial charge in [-0.05, 0) is 49.6 Å². The van der Waals surface area contributed by atoms with Gasteiger partial charge in [-0.25, -0.2) is 9.78 Å². The van der Waals surface area contributed by atoms with Gasteiger partial charge in [-0.3, -0.25) is 9.59 Å². The second-order valence-corrected chi connectivity index (χ2v) is 7.68. The number of carbonyl (C=O) groups excluding carboxylic acids is 3. The lowest BCUT2D eigenvalue weighted by Crippen LogP contribution is -2.42. The third kappa shape index (κ3) is 6.98. The fourth-order valence-electron chi connectivity index (χ4n) is 3.33. The van der Waals surface area contributed by atoms with Gasteiger partial charge >= 0.3 is 11.9 Å². The van der Waals surface area contributed by atoms with E-state index < -0.39 is 23.9 Å². The lowest BCUT2D eigenvalue weighted by Gasteiger charge is -2.17. The summed E-state index contributed by atoms with van der Waals surface area (Å²) in [4.78, 5) is 48.9. The van der Waals surface area contributed by atoms with Gasteiger partial charge in [-0.2, -0.15) is 9.97 Å². The molecule has 0 aliphatic heterocycles. The molecule has 11 heteroatoms. The lowest BCUT2D eigenvalue weighted by molar-refractivity contribution is -0.146. The van der Waals surface area contributed by atoms with Gasteiger partial charge < -0.3 is 26.3 Å². The van der Waals surface area contributed by atoms with E-state index in [-0.39, 0.29) is 37.8 Å². The van der Waals surface area contributed by atoms with E-state index in [2.05, 4.69) is 20.3 Å². The van der Waals surface area contributed by atoms with Gasteiger partial charge in [0.15, 0.2) is 5.65 Å². The van der Waals surface area contributed by atoms with Crippen LogP contribution in [-0.4, -0.2) is 52.1 Å². The molecule has 1 aromatic carbocycles. The fraction of sp³-hybridized carbons (Fsp3) is 0.280. The van der Waals surface area contributed by atoms with Crippen LogP contribution in [0, 0.1) is 0 Å². The van der Waals surface area contributed by atoms with E-state index in [9.17, 15) is 14.4 Å². The molecule has 1 atom stereocenters. The standard InChI is InChI=1S/C25H28N6O5/c1-3-35-20(32)12-11-19(24(34)36-4-2)29-23(33)17-9-7-15(8-10-17)5-6-16-13-18-21(26)30-25(27)31-22(18)28-14-16/h5-10,13-14,19H,3-4,11-12H2,1-2H3,(H,29,33)(H4,26,27,28,30,31)/t19-/m0/s1. The van der Waals surface area contributed by atoms with E-state index in [0.717, 1.165) is 11.1 Å². The van der Waals surface area contributed by atoms with E-state index in [0.29, 0.717) is 16.6 Å². The summed E-state index contributed by atoms with van der Waals surface area (Å²) in [5.74, 6) is -1.20. The van der Waals surface area contributed by atoms with E-state index in [4.69, 9.17) is 20.9 Å². The molecule has 2 aromatic heterocycles. The van der Waals surface area contributed by atoms with Gasteiger partial charge in [0.05, 0.1) is 18.6 Å². The van der Waals surface area contributed by atoms with Gasteiger partial charge in [0, 0.05) is 18.2 Å². The van der Waals surface area contributed by atoms with Crippen LogP contribution in [0.15, 0.2) is 36.5 Å². The number of nitrogens with one attached hydrogen (secondary N) is 1. The van der Waals surface area contributed by atoms with E-state index in [1.807, 2.05) is 12.2 Å². The van der Waals surface area contributed by atoms with E-state index in [1.54, 1.807) is 50.4 Å². The zero-order valence-electron chi connectivity index (χ0n) is 20.1. The van der Waals surface area contributed by atoms with Crippen molar-refractivity contribution in [3.63, 3.8) is 0 Å². The molecule has 0 fully saturated rings. The average Bonchev–Trinajstić information content (AvgIpc) is 2.85. The monoisotopic (exact) mass is 492 g/mol. The first-order chi connectivity index (χ1) is 17.3. The first-order valence-corrected chi connectivity index (χ1v) is 11.4. The molecule has 3 aromatic rings. The number of esters is 2. The van der Waals surface area contributed by atoms with Gasteiger partial charge in [-0.15, -0.1) is 0 Å². The minimum atomic E-state index is -0.964. The van der Waals surface area contributed by atoms with Crippen molar-refractivity contribution in [2.75, 3.05) is 24.7 Å². The molecule has 0 spiro atoms. The van der Waals surface area contributed by atoms with Crippen LogP contribution in [0.1, 0.15) is 48.2 Å². The lowest BCUT2D eigenvalue weighted by atomic mass is 10.1. The Bertz CT molecular complexity index is 1280. The second kappa shape index (κ2) is 12.2. The highest BCUT2D eigenvalue weighted by Crippen LogP contribution is 2.19. The van der Waals surface area contributed by atoms with E-state index >= 15 is 0 Å². The number of rotatable bonds is 10. The Hall–Kier alpha value is -4.54. The van der Waals surface area contributed by atoms with Crippen LogP contribution in [-0.2, 0) is 19.1 Å². The number of carbonyl (C=O) groups is 3. The summed E-state index contributed by atoms with van der Waals surface area (Å²) < 4.78 is 9.91. The Balaban J connectivity index is 1.67. The van der Waals surface area contributed by atoms with Crippen LogP contribution in [0.5, 0.6) is 0 Å². The molecule has 0 saturated heterocycles. The van der Waals surface area contributed by atoms with Crippen molar-refractivity contribution >= 4 is 52.8 Å². The predicted molar refractivity (Wildman–Crippen MR) is 135 cm³/mol. The summed E-state index contributed by atoms with van der Waals surface area (Å²) in [7, 11) is 0. The summed E-state index contributed by atoms with van der Waals surface area (Å²) in [6, 6.07) is 7.63. The van der Waals surface area contributed by atoms with Gasteiger partial charge in [0.25, 0.3) is 5.91 Å². The summed E-state index contributed by atoms with van der Waals surface area (Å²) in [6.45, 7) is 3.76. The third-order valence-electron chi connectivity index (χ3n) is 5.08. The van der Waals surface area contributed by atoms with Crippen molar-refractivity contribution in [2.45, 2.75) is 32.7 Å². The van der Waals surface area contributed by atoms with Crippen molar-refractivity contribution < 1.29 is 23.9 Å². The topological polar surface area (TPSA) is 172 Å². The number of nitrogens with zero attached hydrogens (tertiary/aromatic N) is 3. The summed E-state index contributed by atoms with van der Waals surface area (Å²) in [5.41, 5.74) is 13.9. The Morgan fingerprint density at radius 1 is 1.00 bits per heavy atom. The minimum absolute atomic E-state index is 0.0177. The largest absolute Gasteiger partial charge is 0.466 e. The number of hydrogen-bond acceptors (Lipinski definition) is 10. The van der Waals surface area contributed by atoms with Crippen LogP contribution in [0.4, 0.5) is 11.8 Å². The molecule has 0 unspecified atom stereocenters. The molecule has 36 heavy (non-hydrogen) atoms. The molecule has 0 radical (unpaired) electrons.